The lowest BCUT2D eigenvalue weighted by Gasteiger charge is -2.28. The number of hydrogen-bond donors (Lipinski definition) is 2. The molecule has 0 saturated heterocycles. The van der Waals surface area contributed by atoms with Crippen LogP contribution in [0.25, 0.3) is 0 Å². The number of nitrogens with one attached hydrogen (secondary N) is 2. The number of aromatic amines is 1. The van der Waals surface area contributed by atoms with Gasteiger partial charge in [-0.25, -0.2) is 0 Å². The zero-order valence-corrected chi connectivity index (χ0v) is 15.2. The lowest BCUT2D eigenvalue weighted by atomic mass is 9.79. The molecule has 9 nitrogen and oxygen atoms in total. The van der Waals surface area contributed by atoms with Crippen LogP contribution in [-0.2, 0) is 4.79 Å². The van der Waals surface area contributed by atoms with E-state index in [0.29, 0.717) is 11.1 Å². The van der Waals surface area contributed by atoms with Crippen molar-refractivity contribution in [3.05, 3.63) is 29.0 Å². The highest BCUT2D eigenvalue weighted by atomic mass is 16.6. The van der Waals surface area contributed by atoms with Gasteiger partial charge in [-0.05, 0) is 24.6 Å². The molecule has 0 radical (unpaired) electrons. The molecule has 1 aliphatic rings. The highest BCUT2D eigenvalue weighted by Gasteiger charge is 2.40. The molecule has 2 aromatic rings. The first-order valence-electron chi connectivity index (χ1n) is 8.06. The fourth-order valence-corrected chi connectivity index (χ4v) is 3.16. The Morgan fingerprint density at radius 1 is 1.33 bits per heavy atom. The minimum absolute atomic E-state index is 0.149. The van der Waals surface area contributed by atoms with E-state index in [9.17, 15) is 10.1 Å². The summed E-state index contributed by atoms with van der Waals surface area (Å²) in [5, 5.41) is 24.6. The van der Waals surface area contributed by atoms with Crippen molar-refractivity contribution in [2.45, 2.75) is 19.8 Å². The Morgan fingerprint density at radius 2 is 1.96 bits per heavy atom. The number of benzene rings is 1. The minimum Gasteiger partial charge on any atom is -0.493 e. The Kier molecular flexibility index (Phi) is 4.73. The van der Waals surface area contributed by atoms with E-state index in [1.165, 1.54) is 21.1 Å². The third kappa shape index (κ3) is 3.06. The first-order valence-corrected chi connectivity index (χ1v) is 8.06. The second kappa shape index (κ2) is 6.99. The molecule has 3 rings (SSSR count). The number of nitriles is 1. The van der Waals surface area contributed by atoms with Crippen molar-refractivity contribution in [3.8, 4) is 29.2 Å². The van der Waals surface area contributed by atoms with E-state index >= 15 is 0 Å². The van der Waals surface area contributed by atoms with Crippen LogP contribution in [0.2, 0.25) is 0 Å². The summed E-state index contributed by atoms with van der Waals surface area (Å²) in [5.74, 6) is -1.14. The van der Waals surface area contributed by atoms with Crippen LogP contribution in [0.5, 0.6) is 23.1 Å². The molecular weight excluding hydrogens is 352 g/mol. The van der Waals surface area contributed by atoms with Gasteiger partial charge in [-0.1, -0.05) is 0 Å². The summed E-state index contributed by atoms with van der Waals surface area (Å²) in [6.07, 6.45) is 0. The van der Waals surface area contributed by atoms with Gasteiger partial charge in [0.15, 0.2) is 11.5 Å². The van der Waals surface area contributed by atoms with Crippen LogP contribution < -0.4 is 18.9 Å². The standard InChI is InChI=1S/C18H18N4O5/c1-8-14-15(11(7-19)17(20)27-18(14)22-21-8)10-5-12(24-3)16(26-9(2)23)13(6-10)25-4/h5-6,11,15,20H,1-4H3,(H,21,22). The molecule has 0 spiro atoms. The number of carbonyl (C=O) groups excluding carboxylic acids is 1. The van der Waals surface area contributed by atoms with Gasteiger partial charge in [0.1, 0.15) is 5.92 Å². The van der Waals surface area contributed by atoms with Crippen LogP contribution in [0.3, 0.4) is 0 Å². The predicted molar refractivity (Wildman–Crippen MR) is 93.5 cm³/mol. The van der Waals surface area contributed by atoms with E-state index in [0.717, 1.165) is 5.69 Å². The zero-order valence-electron chi connectivity index (χ0n) is 15.2. The summed E-state index contributed by atoms with van der Waals surface area (Å²) in [6, 6.07) is 5.44. The van der Waals surface area contributed by atoms with Gasteiger partial charge in [0.2, 0.25) is 17.5 Å². The lowest BCUT2D eigenvalue weighted by Crippen LogP contribution is -2.31. The number of rotatable bonds is 4. The normalized spacial score (nSPS) is 18.1. The number of carbonyl (C=O) groups is 1. The highest BCUT2D eigenvalue weighted by Crippen LogP contribution is 2.47. The number of ether oxygens (including phenoxy) is 4. The molecule has 2 unspecified atom stereocenters. The van der Waals surface area contributed by atoms with Crippen LogP contribution >= 0.6 is 0 Å². The second-order valence-electron chi connectivity index (χ2n) is 5.97. The van der Waals surface area contributed by atoms with Crippen molar-refractivity contribution in [1.29, 1.82) is 10.7 Å². The smallest absolute Gasteiger partial charge is 0.308 e. The average molecular weight is 370 g/mol. The Labute approximate surface area is 155 Å². The third-order valence-electron chi connectivity index (χ3n) is 4.32. The summed E-state index contributed by atoms with van der Waals surface area (Å²) in [4.78, 5) is 11.4. The molecule has 0 bridgehead atoms. The number of nitrogens with zero attached hydrogens (tertiary/aromatic N) is 2. The summed E-state index contributed by atoms with van der Waals surface area (Å²) in [6.45, 7) is 3.09. The van der Waals surface area contributed by atoms with Crippen LogP contribution in [0.15, 0.2) is 12.1 Å². The van der Waals surface area contributed by atoms with Gasteiger partial charge in [0, 0.05) is 24.1 Å². The number of aromatic nitrogens is 2. The molecule has 140 valence electrons. The Morgan fingerprint density at radius 3 is 2.48 bits per heavy atom. The van der Waals surface area contributed by atoms with E-state index in [1.807, 2.05) is 6.92 Å². The van der Waals surface area contributed by atoms with Gasteiger partial charge in [0.25, 0.3) is 0 Å². The first kappa shape index (κ1) is 18.3. The number of aryl methyl sites for hydroxylation is 1. The monoisotopic (exact) mass is 370 g/mol. The molecule has 2 N–H and O–H groups in total. The molecule has 0 amide bonds. The Bertz CT molecular complexity index is 934. The molecule has 27 heavy (non-hydrogen) atoms. The van der Waals surface area contributed by atoms with E-state index < -0.39 is 17.8 Å². The quantitative estimate of drug-likeness (QED) is 0.624. The van der Waals surface area contributed by atoms with Crippen LogP contribution in [0, 0.1) is 29.6 Å². The van der Waals surface area contributed by atoms with Gasteiger partial charge in [-0.15, -0.1) is 5.10 Å². The number of methoxy groups -OCH3 is 2. The zero-order chi connectivity index (χ0) is 19.7. The number of H-pyrrole nitrogens is 1. The number of fused-ring (bicyclic) bond motifs is 1. The maximum absolute atomic E-state index is 11.4. The van der Waals surface area contributed by atoms with Gasteiger partial charge in [-0.2, -0.15) is 5.26 Å². The van der Waals surface area contributed by atoms with E-state index in [-0.39, 0.29) is 29.0 Å². The molecule has 0 fully saturated rings. The predicted octanol–water partition coefficient (Wildman–Crippen LogP) is 2.30. The number of esters is 1. The highest BCUT2D eigenvalue weighted by molar-refractivity contribution is 5.85. The maximum Gasteiger partial charge on any atom is 0.308 e. The van der Waals surface area contributed by atoms with Crippen molar-refractivity contribution >= 4 is 11.9 Å². The van der Waals surface area contributed by atoms with Gasteiger partial charge >= 0.3 is 5.97 Å². The van der Waals surface area contributed by atoms with E-state index in [2.05, 4.69) is 16.3 Å². The van der Waals surface area contributed by atoms with Crippen molar-refractivity contribution in [1.82, 2.24) is 10.2 Å². The number of hydrogen-bond acceptors (Lipinski definition) is 8. The summed E-state index contributed by atoms with van der Waals surface area (Å²) in [7, 11) is 2.88. The molecule has 2 heterocycles. The van der Waals surface area contributed by atoms with Gasteiger partial charge < -0.3 is 18.9 Å². The molecule has 2 atom stereocenters. The molecule has 9 heteroatoms. The van der Waals surface area contributed by atoms with Crippen LogP contribution in [0.4, 0.5) is 0 Å². The lowest BCUT2D eigenvalue weighted by molar-refractivity contribution is -0.132. The van der Waals surface area contributed by atoms with E-state index in [1.54, 1.807) is 12.1 Å². The Hall–Kier alpha value is -3.54. The van der Waals surface area contributed by atoms with Gasteiger partial charge in [-0.3, -0.25) is 15.3 Å². The topological polar surface area (TPSA) is 130 Å². The maximum atomic E-state index is 11.4. The average Bonchev–Trinajstić information content (AvgIpc) is 3.00. The van der Waals surface area contributed by atoms with Crippen molar-refractivity contribution in [2.75, 3.05) is 14.2 Å². The van der Waals surface area contributed by atoms with Crippen molar-refractivity contribution in [3.63, 3.8) is 0 Å². The fourth-order valence-electron chi connectivity index (χ4n) is 3.16. The van der Waals surface area contributed by atoms with Gasteiger partial charge in [0.05, 0.1) is 20.3 Å². The summed E-state index contributed by atoms with van der Waals surface area (Å²) in [5.41, 5.74) is 2.05. The summed E-state index contributed by atoms with van der Waals surface area (Å²) < 4.78 is 21.3. The second-order valence-corrected chi connectivity index (χ2v) is 5.97. The molecule has 0 saturated carbocycles. The summed E-state index contributed by atoms with van der Waals surface area (Å²) >= 11 is 0. The molecular formula is C18H18N4O5. The Balaban J connectivity index is 2.22. The SMILES string of the molecule is COc1cc(C2c3c(n[nH]c3C)OC(=N)C2C#N)cc(OC)c1OC(C)=O. The molecule has 1 aromatic carbocycles. The molecule has 1 aromatic heterocycles. The molecule has 1 aliphatic heterocycles. The van der Waals surface area contributed by atoms with Crippen LogP contribution in [0.1, 0.15) is 29.7 Å². The van der Waals surface area contributed by atoms with E-state index in [4.69, 9.17) is 24.4 Å². The fraction of sp³-hybridized carbons (Fsp3) is 0.333. The van der Waals surface area contributed by atoms with Crippen molar-refractivity contribution < 1.29 is 23.7 Å². The first-order chi connectivity index (χ1) is 12.9. The molecule has 0 aliphatic carbocycles. The van der Waals surface area contributed by atoms with Crippen LogP contribution in [-0.4, -0.2) is 36.3 Å². The largest absolute Gasteiger partial charge is 0.493 e. The third-order valence-corrected chi connectivity index (χ3v) is 4.32. The minimum atomic E-state index is -0.859. The van der Waals surface area contributed by atoms with Crippen molar-refractivity contribution in [2.24, 2.45) is 5.92 Å².